The maximum Gasteiger partial charge on any atom is 0.454 e. The minimum Gasteiger partial charge on any atom is -0.504 e. The maximum absolute atomic E-state index is 13.1. The van der Waals surface area contributed by atoms with Gasteiger partial charge in [-0.25, -0.2) is 4.57 Å². The Morgan fingerprint density at radius 1 is 1.17 bits per heavy atom. The smallest absolute Gasteiger partial charge is 0.454 e. The molecule has 36 heavy (non-hydrogen) atoms. The summed E-state index contributed by atoms with van der Waals surface area (Å²) in [6, 6.07) is 15.3. The van der Waals surface area contributed by atoms with Gasteiger partial charge in [0.25, 0.3) is 0 Å². The van der Waals surface area contributed by atoms with Gasteiger partial charge in [0, 0.05) is 40.5 Å². The van der Waals surface area contributed by atoms with Crippen LogP contribution in [0.1, 0.15) is 26.9 Å². The summed E-state index contributed by atoms with van der Waals surface area (Å²) >= 11 is 10.1. The molecule has 2 aromatic heterocycles. The van der Waals surface area contributed by atoms with Crippen LogP contribution in [0.3, 0.4) is 0 Å². The van der Waals surface area contributed by atoms with Crippen LogP contribution < -0.4 is 4.74 Å². The average Bonchev–Trinajstić information content (AvgIpc) is 3.52. The van der Waals surface area contributed by atoms with E-state index in [1.54, 1.807) is 28.7 Å². The van der Waals surface area contributed by atoms with E-state index in [2.05, 4.69) is 9.66 Å². The molecule has 7 nitrogen and oxygen atoms in total. The largest absolute Gasteiger partial charge is 0.504 e. The number of halogens is 1. The lowest BCUT2D eigenvalue weighted by Gasteiger charge is -2.39. The fourth-order valence-corrected chi connectivity index (χ4v) is 7.56. The number of hydrogen-bond donors (Lipinski definition) is 1. The van der Waals surface area contributed by atoms with Gasteiger partial charge in [0.1, 0.15) is 5.84 Å². The molecule has 1 aliphatic heterocycles. The first-order chi connectivity index (χ1) is 17.4. The second kappa shape index (κ2) is 10.2. The average molecular weight is 563 g/mol. The van der Waals surface area contributed by atoms with Crippen LogP contribution in [0, 0.1) is 0 Å². The van der Waals surface area contributed by atoms with Crippen molar-refractivity contribution in [2.75, 3.05) is 21.3 Å². The van der Waals surface area contributed by atoms with Crippen LogP contribution in [0.4, 0.5) is 0 Å². The second-order valence-electron chi connectivity index (χ2n) is 8.13. The minimum atomic E-state index is -3.74. The zero-order chi connectivity index (χ0) is 25.4. The van der Waals surface area contributed by atoms with Crippen molar-refractivity contribution < 1.29 is 23.5 Å². The molecule has 1 N–H and O–H groups in total. The molecule has 1 atom stereocenters. The van der Waals surface area contributed by atoms with Crippen molar-refractivity contribution in [1.29, 1.82) is 0 Å². The number of ether oxygens (including phenoxy) is 1. The lowest BCUT2D eigenvalue weighted by molar-refractivity contribution is 0.274. The van der Waals surface area contributed by atoms with Crippen molar-refractivity contribution in [3.05, 3.63) is 79.8 Å². The van der Waals surface area contributed by atoms with Crippen LogP contribution in [0.25, 0.3) is 10.1 Å². The highest BCUT2D eigenvalue weighted by atomic mass is 35.5. The highest BCUT2D eigenvalue weighted by Gasteiger charge is 2.37. The van der Waals surface area contributed by atoms with Gasteiger partial charge < -0.3 is 14.7 Å². The number of phenols is 1. The zero-order valence-electron chi connectivity index (χ0n) is 19.8. The number of thiophene rings is 2. The molecule has 188 valence electrons. The maximum atomic E-state index is 13.1. The van der Waals surface area contributed by atoms with Crippen molar-refractivity contribution in [2.45, 2.75) is 19.0 Å². The zero-order valence-corrected chi connectivity index (χ0v) is 23.1. The third kappa shape index (κ3) is 4.56. The molecule has 0 amide bonds. The van der Waals surface area contributed by atoms with Crippen LogP contribution in [0.5, 0.6) is 11.5 Å². The van der Waals surface area contributed by atoms with E-state index >= 15 is 0 Å². The van der Waals surface area contributed by atoms with E-state index in [1.807, 2.05) is 47.8 Å². The summed E-state index contributed by atoms with van der Waals surface area (Å²) < 4.78 is 34.5. The highest BCUT2D eigenvalue weighted by molar-refractivity contribution is 7.52. The van der Waals surface area contributed by atoms with E-state index in [4.69, 9.17) is 25.4 Å². The third-order valence-corrected chi connectivity index (χ3v) is 10.2. The normalized spacial score (nSPS) is 17.1. The van der Waals surface area contributed by atoms with Gasteiger partial charge in [0.2, 0.25) is 0 Å². The molecule has 0 aliphatic carbocycles. The molecule has 3 heterocycles. The van der Waals surface area contributed by atoms with Crippen LogP contribution >= 0.6 is 42.0 Å². The first-order valence-corrected chi connectivity index (χ1v) is 14.6. The Bertz CT molecular complexity index is 1480. The fourth-order valence-electron chi connectivity index (χ4n) is 4.44. The fraction of sp³-hybridized carbons (Fsp3) is 0.240. The Hall–Kier alpha value is -2.39. The lowest BCUT2D eigenvalue weighted by atomic mass is 9.90. The number of benzene rings is 2. The van der Waals surface area contributed by atoms with Gasteiger partial charge in [-0.15, -0.1) is 22.7 Å². The van der Waals surface area contributed by atoms with Crippen molar-refractivity contribution in [3.8, 4) is 11.5 Å². The summed E-state index contributed by atoms with van der Waals surface area (Å²) in [6.45, 7) is 0.426. The van der Waals surface area contributed by atoms with E-state index in [0.29, 0.717) is 29.6 Å². The Morgan fingerprint density at radius 2 is 1.94 bits per heavy atom. The molecule has 0 saturated carbocycles. The predicted molar refractivity (Wildman–Crippen MR) is 146 cm³/mol. The molecular formula is C25H24ClN2O5PS2. The molecular weight excluding hydrogens is 539 g/mol. The van der Waals surface area contributed by atoms with Gasteiger partial charge in [-0.2, -0.15) is 4.76 Å². The number of phenolic OH excluding ortho intramolecular Hbond substituents is 1. The van der Waals surface area contributed by atoms with Gasteiger partial charge in [0.15, 0.2) is 11.5 Å². The van der Waals surface area contributed by atoms with E-state index in [1.165, 1.54) is 21.3 Å². The molecule has 0 radical (unpaired) electrons. The summed E-state index contributed by atoms with van der Waals surface area (Å²) in [4.78, 5) is 4.11. The topological polar surface area (TPSA) is 80.6 Å². The first kappa shape index (κ1) is 25.3. The van der Waals surface area contributed by atoms with Gasteiger partial charge in [0.05, 0.1) is 24.7 Å². The minimum absolute atomic E-state index is 0.0307. The van der Waals surface area contributed by atoms with E-state index < -0.39 is 7.75 Å². The Labute approximate surface area is 222 Å². The molecule has 4 aromatic rings. The van der Waals surface area contributed by atoms with Crippen molar-refractivity contribution in [3.63, 3.8) is 0 Å². The number of nitrogens with zero attached hydrogens (tertiary/aromatic N) is 2. The van der Waals surface area contributed by atoms with Crippen molar-refractivity contribution in [2.24, 2.45) is 4.76 Å². The van der Waals surface area contributed by atoms with Crippen molar-refractivity contribution >= 4 is 57.9 Å². The van der Waals surface area contributed by atoms with Crippen LogP contribution in [0.15, 0.2) is 58.7 Å². The lowest BCUT2D eigenvalue weighted by Crippen LogP contribution is -2.40. The summed E-state index contributed by atoms with van der Waals surface area (Å²) in [7, 11) is 0.409. The van der Waals surface area contributed by atoms with Crippen LogP contribution in [-0.2, 0) is 26.6 Å². The molecule has 0 fully saturated rings. The quantitative estimate of drug-likeness (QED) is 0.238. The predicted octanol–water partition coefficient (Wildman–Crippen LogP) is 7.28. The third-order valence-electron chi connectivity index (χ3n) is 6.15. The van der Waals surface area contributed by atoms with Crippen molar-refractivity contribution in [1.82, 2.24) is 4.90 Å². The number of rotatable bonds is 7. The number of aromatic hydroxyl groups is 1. The molecule has 0 saturated heterocycles. The standard InChI is InChI=1S/C25H24ClN2O5PS2/c1-31-19-13-17-15(11-18(19)29)12-23(27-34(30,32-2)33-3)28(25(17)21-9-6-10-35-21)14-22-24(26)16-7-4-5-8-20(16)36-22/h4-11,13,25,29H,12,14H2,1-3H3/b27-23-. The summed E-state index contributed by atoms with van der Waals surface area (Å²) in [5.74, 6) is 0.934. The Morgan fingerprint density at radius 3 is 2.61 bits per heavy atom. The summed E-state index contributed by atoms with van der Waals surface area (Å²) in [5, 5.41) is 14.2. The van der Waals surface area contributed by atoms with Gasteiger partial charge in [-0.1, -0.05) is 35.9 Å². The monoisotopic (exact) mass is 562 g/mol. The Kier molecular flexibility index (Phi) is 7.14. The molecule has 1 aliphatic rings. The number of hydrogen-bond acceptors (Lipinski definition) is 7. The number of fused-ring (bicyclic) bond motifs is 2. The van der Waals surface area contributed by atoms with Gasteiger partial charge in [-0.3, -0.25) is 9.05 Å². The van der Waals surface area contributed by atoms with Crippen LogP contribution in [-0.4, -0.2) is 37.2 Å². The number of amidine groups is 1. The summed E-state index contributed by atoms with van der Waals surface area (Å²) in [5.41, 5.74) is 1.82. The number of methoxy groups -OCH3 is 1. The highest BCUT2D eigenvalue weighted by Crippen LogP contribution is 2.51. The molecule has 11 heteroatoms. The molecule has 0 spiro atoms. The Balaban J connectivity index is 1.72. The van der Waals surface area contributed by atoms with E-state index in [0.717, 1.165) is 31.0 Å². The van der Waals surface area contributed by atoms with E-state index in [-0.39, 0.29) is 11.8 Å². The molecule has 1 unspecified atom stereocenters. The molecule has 5 rings (SSSR count). The van der Waals surface area contributed by atoms with Crippen LogP contribution in [0.2, 0.25) is 5.02 Å². The second-order valence-corrected chi connectivity index (χ2v) is 12.5. The van der Waals surface area contributed by atoms with Gasteiger partial charge >= 0.3 is 7.75 Å². The van der Waals surface area contributed by atoms with Gasteiger partial charge in [-0.05, 0) is 40.8 Å². The molecule has 2 aromatic carbocycles. The molecule has 0 bridgehead atoms. The first-order valence-electron chi connectivity index (χ1n) is 11.0. The van der Waals surface area contributed by atoms with E-state index in [9.17, 15) is 9.67 Å². The SMILES string of the molecule is COc1cc2c(cc1O)C/C(=N/P(=O)(OC)OC)N(Cc1sc3ccccc3c1Cl)C2c1cccs1. The summed E-state index contributed by atoms with van der Waals surface area (Å²) in [6.07, 6.45) is 0.313.